The second-order valence-electron chi connectivity index (χ2n) is 5.48. The Balaban J connectivity index is 2.31. The van der Waals surface area contributed by atoms with E-state index in [4.69, 9.17) is 27.5 Å². The van der Waals surface area contributed by atoms with Crippen LogP contribution < -0.4 is 14.8 Å². The van der Waals surface area contributed by atoms with Gasteiger partial charge in [0.1, 0.15) is 29.7 Å². The van der Waals surface area contributed by atoms with Crippen LogP contribution in [0.15, 0.2) is 42.0 Å². The summed E-state index contributed by atoms with van der Waals surface area (Å²) in [4.78, 5) is 12.4. The molecular weight excluding hydrogens is 364 g/mol. The van der Waals surface area contributed by atoms with Gasteiger partial charge in [-0.2, -0.15) is 5.26 Å². The first-order valence-corrected chi connectivity index (χ1v) is 8.30. The van der Waals surface area contributed by atoms with Gasteiger partial charge in [-0.3, -0.25) is 4.79 Å². The monoisotopic (exact) mass is 380 g/mol. The molecule has 0 unspecified atom stereocenters. The van der Waals surface area contributed by atoms with Gasteiger partial charge >= 0.3 is 0 Å². The number of amides is 1. The third-order valence-electron chi connectivity index (χ3n) is 3.63. The summed E-state index contributed by atoms with van der Waals surface area (Å²) in [6, 6.07) is 12.0. The number of ether oxygens (including phenoxy) is 2. The van der Waals surface area contributed by atoms with Crippen molar-refractivity contribution in [2.45, 2.75) is 6.92 Å². The van der Waals surface area contributed by atoms with E-state index >= 15 is 0 Å². The summed E-state index contributed by atoms with van der Waals surface area (Å²) >= 11 is 6.06. The van der Waals surface area contributed by atoms with E-state index < -0.39 is 5.91 Å². The number of halogens is 1. The van der Waals surface area contributed by atoms with E-state index in [9.17, 15) is 10.1 Å². The smallest absolute Gasteiger partial charge is 0.266 e. The van der Waals surface area contributed by atoms with E-state index in [2.05, 4.69) is 11.2 Å². The molecule has 5 nitrogen and oxygen atoms in total. The zero-order chi connectivity index (χ0) is 19.8. The Kier molecular flexibility index (Phi) is 6.88. The average Bonchev–Trinajstić information content (AvgIpc) is 2.67. The van der Waals surface area contributed by atoms with Gasteiger partial charge in [0.15, 0.2) is 0 Å². The fourth-order valence-corrected chi connectivity index (χ4v) is 2.36. The number of carbonyl (C=O) groups excluding carboxylic acids is 1. The summed E-state index contributed by atoms with van der Waals surface area (Å²) in [7, 11) is 1.52. The van der Waals surface area contributed by atoms with Gasteiger partial charge in [-0.25, -0.2) is 0 Å². The molecule has 0 saturated carbocycles. The second kappa shape index (κ2) is 9.33. The molecule has 2 aromatic carbocycles. The van der Waals surface area contributed by atoms with Crippen LogP contribution in [0.1, 0.15) is 11.1 Å². The predicted molar refractivity (Wildman–Crippen MR) is 106 cm³/mol. The maximum absolute atomic E-state index is 12.4. The minimum atomic E-state index is -0.559. The molecule has 0 aliphatic rings. The topological polar surface area (TPSA) is 71.3 Å². The van der Waals surface area contributed by atoms with Gasteiger partial charge < -0.3 is 14.8 Å². The molecule has 136 valence electrons. The average molecular weight is 381 g/mol. The van der Waals surface area contributed by atoms with Crippen molar-refractivity contribution in [3.05, 3.63) is 58.1 Å². The van der Waals surface area contributed by atoms with Gasteiger partial charge in [0.25, 0.3) is 5.91 Å². The maximum Gasteiger partial charge on any atom is 0.266 e. The summed E-state index contributed by atoms with van der Waals surface area (Å²) in [6.07, 6.45) is 6.66. The molecule has 2 aromatic rings. The summed E-state index contributed by atoms with van der Waals surface area (Å²) in [5.41, 5.74) is 1.82. The summed E-state index contributed by atoms with van der Waals surface area (Å²) in [5, 5.41) is 12.6. The minimum absolute atomic E-state index is 0.0456. The molecule has 0 aliphatic heterocycles. The molecule has 0 fully saturated rings. The van der Waals surface area contributed by atoms with Gasteiger partial charge in [0.2, 0.25) is 0 Å². The van der Waals surface area contributed by atoms with E-state index in [-0.39, 0.29) is 12.2 Å². The standard InChI is InChI=1S/C21H17ClN2O3/c1-4-9-27-20-12-18(26-3)8-6-15(20)10-16(13-23)21(25)24-17-7-5-14(2)19(22)11-17/h1,5-8,10-12H,9H2,2-3H3,(H,24,25)/b16-10+. The number of nitriles is 1. The fraction of sp³-hybridized carbons (Fsp3) is 0.143. The molecule has 0 heterocycles. The third-order valence-corrected chi connectivity index (χ3v) is 4.03. The number of carbonyl (C=O) groups is 1. The van der Waals surface area contributed by atoms with Gasteiger partial charge in [-0.15, -0.1) is 6.42 Å². The van der Waals surface area contributed by atoms with E-state index in [1.807, 2.05) is 13.0 Å². The SMILES string of the molecule is C#CCOc1cc(OC)ccc1/C=C(\C#N)C(=O)Nc1ccc(C)c(Cl)c1. The molecule has 6 heteroatoms. The van der Waals surface area contributed by atoms with Crippen molar-refractivity contribution in [3.63, 3.8) is 0 Å². The predicted octanol–water partition coefficient (Wildman–Crippen LogP) is 4.21. The Morgan fingerprint density at radius 3 is 2.74 bits per heavy atom. The summed E-state index contributed by atoms with van der Waals surface area (Å²) in [5.74, 6) is 2.79. The second-order valence-corrected chi connectivity index (χ2v) is 5.89. The molecule has 0 aliphatic carbocycles. The number of nitrogens with one attached hydrogen (secondary N) is 1. The number of rotatable bonds is 6. The van der Waals surface area contributed by atoms with Gasteiger partial charge in [-0.1, -0.05) is 23.6 Å². The van der Waals surface area contributed by atoms with E-state index in [0.29, 0.717) is 27.8 Å². The first kappa shape index (κ1) is 19.9. The van der Waals surface area contributed by atoms with Crippen molar-refractivity contribution in [1.82, 2.24) is 0 Å². The largest absolute Gasteiger partial charge is 0.497 e. The number of aryl methyl sites for hydroxylation is 1. The molecule has 1 amide bonds. The van der Waals surface area contributed by atoms with Crippen LogP contribution in [0.2, 0.25) is 5.02 Å². The Morgan fingerprint density at radius 2 is 2.11 bits per heavy atom. The van der Waals surface area contributed by atoms with E-state index in [1.165, 1.54) is 13.2 Å². The van der Waals surface area contributed by atoms with Crippen LogP contribution in [-0.2, 0) is 4.79 Å². The van der Waals surface area contributed by atoms with Crippen LogP contribution in [-0.4, -0.2) is 19.6 Å². The van der Waals surface area contributed by atoms with Gasteiger partial charge in [0.05, 0.1) is 7.11 Å². The summed E-state index contributed by atoms with van der Waals surface area (Å²) in [6.45, 7) is 1.90. The molecule has 1 N–H and O–H groups in total. The molecule has 0 bridgehead atoms. The lowest BCUT2D eigenvalue weighted by Gasteiger charge is -2.10. The van der Waals surface area contributed by atoms with E-state index in [1.54, 1.807) is 36.4 Å². The summed E-state index contributed by atoms with van der Waals surface area (Å²) < 4.78 is 10.6. The highest BCUT2D eigenvalue weighted by atomic mass is 35.5. The zero-order valence-corrected chi connectivity index (χ0v) is 15.6. The number of terminal acetylenes is 1. The fourth-order valence-electron chi connectivity index (χ4n) is 2.18. The van der Waals surface area contributed by atoms with Crippen molar-refractivity contribution in [3.8, 4) is 29.9 Å². The number of hydrogen-bond donors (Lipinski definition) is 1. The van der Waals surface area contributed by atoms with Gasteiger partial charge in [0, 0.05) is 22.3 Å². The molecule has 0 aromatic heterocycles. The van der Waals surface area contributed by atoms with Crippen molar-refractivity contribution in [1.29, 1.82) is 5.26 Å². The highest BCUT2D eigenvalue weighted by Gasteiger charge is 2.12. The molecule has 0 atom stereocenters. The zero-order valence-electron chi connectivity index (χ0n) is 14.9. The Bertz CT molecular complexity index is 968. The van der Waals surface area contributed by atoms with Crippen LogP contribution in [0.3, 0.4) is 0 Å². The van der Waals surface area contributed by atoms with Crippen molar-refractivity contribution in [2.24, 2.45) is 0 Å². The lowest BCUT2D eigenvalue weighted by molar-refractivity contribution is -0.112. The van der Waals surface area contributed by atoms with Crippen LogP contribution in [0.5, 0.6) is 11.5 Å². The third kappa shape index (κ3) is 5.28. The van der Waals surface area contributed by atoms with Crippen molar-refractivity contribution < 1.29 is 14.3 Å². The molecule has 27 heavy (non-hydrogen) atoms. The number of anilines is 1. The van der Waals surface area contributed by atoms with Crippen LogP contribution >= 0.6 is 11.6 Å². The number of methoxy groups -OCH3 is 1. The Hall–Kier alpha value is -3.41. The molecule has 0 spiro atoms. The normalized spacial score (nSPS) is 10.5. The molecule has 0 saturated heterocycles. The van der Waals surface area contributed by atoms with Crippen LogP contribution in [0, 0.1) is 30.6 Å². The number of hydrogen-bond acceptors (Lipinski definition) is 4. The Morgan fingerprint density at radius 1 is 1.33 bits per heavy atom. The first-order valence-electron chi connectivity index (χ1n) is 7.92. The quantitative estimate of drug-likeness (QED) is 0.463. The highest BCUT2D eigenvalue weighted by Crippen LogP contribution is 2.27. The molecule has 0 radical (unpaired) electrons. The van der Waals surface area contributed by atoms with Crippen molar-refractivity contribution in [2.75, 3.05) is 19.0 Å². The number of nitrogens with zero attached hydrogens (tertiary/aromatic N) is 1. The lowest BCUT2D eigenvalue weighted by Crippen LogP contribution is -2.13. The highest BCUT2D eigenvalue weighted by molar-refractivity contribution is 6.31. The van der Waals surface area contributed by atoms with Crippen LogP contribution in [0.25, 0.3) is 6.08 Å². The Labute approximate surface area is 163 Å². The van der Waals surface area contributed by atoms with E-state index in [0.717, 1.165) is 5.56 Å². The van der Waals surface area contributed by atoms with Crippen molar-refractivity contribution >= 4 is 29.3 Å². The maximum atomic E-state index is 12.4. The van der Waals surface area contributed by atoms with Crippen LogP contribution in [0.4, 0.5) is 5.69 Å². The molecular formula is C21H17ClN2O3. The number of benzene rings is 2. The minimum Gasteiger partial charge on any atom is -0.497 e. The first-order chi connectivity index (χ1) is 13.0. The van der Waals surface area contributed by atoms with Gasteiger partial charge in [-0.05, 0) is 42.8 Å². The molecule has 2 rings (SSSR count). The lowest BCUT2D eigenvalue weighted by atomic mass is 10.1.